The van der Waals surface area contributed by atoms with Gasteiger partial charge in [-0.05, 0) is 73.2 Å². The molecule has 2 heterocycles. The Kier molecular flexibility index (Phi) is 6.24. The zero-order valence-electron chi connectivity index (χ0n) is 19.5. The van der Waals surface area contributed by atoms with Crippen molar-refractivity contribution in [1.29, 1.82) is 0 Å². The highest BCUT2D eigenvalue weighted by molar-refractivity contribution is 6.23. The highest BCUT2D eigenvalue weighted by Gasteiger charge is 2.30. The van der Waals surface area contributed by atoms with Crippen molar-refractivity contribution in [2.45, 2.75) is 6.92 Å². The first-order valence-electron chi connectivity index (χ1n) is 11.5. The Morgan fingerprint density at radius 2 is 1.64 bits per heavy atom. The van der Waals surface area contributed by atoms with Crippen LogP contribution in [0.25, 0.3) is 23.1 Å². The van der Waals surface area contributed by atoms with Crippen molar-refractivity contribution >= 4 is 29.3 Å². The van der Waals surface area contributed by atoms with E-state index in [1.54, 1.807) is 72.5 Å². The summed E-state index contributed by atoms with van der Waals surface area (Å²) in [4.78, 5) is 27.0. The van der Waals surface area contributed by atoms with E-state index in [9.17, 15) is 14.7 Å². The van der Waals surface area contributed by atoms with Crippen LogP contribution in [0.15, 0.2) is 107 Å². The summed E-state index contributed by atoms with van der Waals surface area (Å²) in [5.74, 6) is 0.707. The summed E-state index contributed by atoms with van der Waals surface area (Å²) < 4.78 is 11.0. The number of hydrogen-bond donors (Lipinski definition) is 1. The lowest BCUT2D eigenvalue weighted by atomic mass is 10.1. The standard InChI is InChI=1S/C30H23NO5/c1-2-35-30(34)22-10-8-21(9-11-22)28-17-16-26(36-28)18-23-19-27(20-6-4-3-5-7-20)31(29(23)33)24-12-14-25(32)15-13-24/h3-19,32H,2H2,1H3. The monoisotopic (exact) mass is 477 g/mol. The molecule has 0 saturated heterocycles. The lowest BCUT2D eigenvalue weighted by Gasteiger charge is -2.20. The van der Waals surface area contributed by atoms with E-state index in [-0.39, 0.29) is 17.6 Å². The molecule has 3 aromatic carbocycles. The van der Waals surface area contributed by atoms with Gasteiger partial charge in [-0.3, -0.25) is 9.69 Å². The number of phenols is 1. The molecule has 178 valence electrons. The van der Waals surface area contributed by atoms with Gasteiger partial charge < -0.3 is 14.3 Å². The van der Waals surface area contributed by atoms with Crippen LogP contribution in [0.3, 0.4) is 0 Å². The maximum atomic E-state index is 13.5. The molecule has 6 heteroatoms. The number of ether oxygens (including phenoxy) is 1. The van der Waals surface area contributed by atoms with Crippen molar-refractivity contribution in [3.05, 3.63) is 120 Å². The van der Waals surface area contributed by atoms with Crippen LogP contribution in [0.1, 0.15) is 28.6 Å². The van der Waals surface area contributed by atoms with E-state index in [0.29, 0.717) is 35.0 Å². The van der Waals surface area contributed by atoms with E-state index in [4.69, 9.17) is 9.15 Å². The largest absolute Gasteiger partial charge is 0.508 e. The van der Waals surface area contributed by atoms with E-state index >= 15 is 0 Å². The molecule has 1 amide bonds. The summed E-state index contributed by atoms with van der Waals surface area (Å²) in [5, 5.41) is 9.69. The molecular weight excluding hydrogens is 454 g/mol. The van der Waals surface area contributed by atoms with Gasteiger partial charge in [0.15, 0.2) is 0 Å². The number of anilines is 1. The number of furan rings is 1. The normalized spacial score (nSPS) is 14.2. The fraction of sp³-hybridized carbons (Fsp3) is 0.0667. The molecule has 0 saturated carbocycles. The molecule has 0 bridgehead atoms. The molecule has 4 aromatic rings. The fourth-order valence-electron chi connectivity index (χ4n) is 4.02. The SMILES string of the molecule is CCOC(=O)c1ccc(-c2ccc(C=C3C=C(c4ccccc4)N(c4ccc(O)cc4)C3=O)o2)cc1. The predicted molar refractivity (Wildman–Crippen MR) is 138 cm³/mol. The molecular formula is C30H23NO5. The lowest BCUT2D eigenvalue weighted by molar-refractivity contribution is -0.113. The van der Waals surface area contributed by atoms with Crippen molar-refractivity contribution in [3.63, 3.8) is 0 Å². The van der Waals surface area contributed by atoms with E-state index in [0.717, 1.165) is 16.8 Å². The molecule has 1 aliphatic rings. The van der Waals surface area contributed by atoms with Crippen LogP contribution in [-0.2, 0) is 9.53 Å². The molecule has 1 aliphatic heterocycles. The topological polar surface area (TPSA) is 80.0 Å². The number of rotatable bonds is 6. The number of nitrogens with zero attached hydrogens (tertiary/aromatic N) is 1. The van der Waals surface area contributed by atoms with Gasteiger partial charge in [-0.2, -0.15) is 0 Å². The van der Waals surface area contributed by atoms with Crippen LogP contribution in [0.5, 0.6) is 5.75 Å². The number of phenolic OH excluding ortho intramolecular Hbond substituents is 1. The van der Waals surface area contributed by atoms with Crippen molar-refractivity contribution in [2.75, 3.05) is 11.5 Å². The maximum absolute atomic E-state index is 13.5. The molecule has 36 heavy (non-hydrogen) atoms. The molecule has 1 aromatic heterocycles. The first-order valence-corrected chi connectivity index (χ1v) is 11.5. The third-order valence-electron chi connectivity index (χ3n) is 5.77. The van der Waals surface area contributed by atoms with Crippen molar-refractivity contribution in [1.82, 2.24) is 0 Å². The third kappa shape index (κ3) is 4.57. The highest BCUT2D eigenvalue weighted by atomic mass is 16.5. The number of carbonyl (C=O) groups excluding carboxylic acids is 2. The molecule has 0 radical (unpaired) electrons. The number of benzene rings is 3. The van der Waals surface area contributed by atoms with E-state index in [1.807, 2.05) is 42.5 Å². The smallest absolute Gasteiger partial charge is 0.338 e. The maximum Gasteiger partial charge on any atom is 0.338 e. The number of hydrogen-bond acceptors (Lipinski definition) is 5. The summed E-state index contributed by atoms with van der Waals surface area (Å²) in [6, 6.07) is 26.8. The Balaban J connectivity index is 1.46. The van der Waals surface area contributed by atoms with Gasteiger partial charge in [-0.25, -0.2) is 4.79 Å². The van der Waals surface area contributed by atoms with Crippen molar-refractivity contribution < 1.29 is 23.8 Å². The second-order valence-electron chi connectivity index (χ2n) is 8.15. The summed E-state index contributed by atoms with van der Waals surface area (Å²) in [6.45, 7) is 2.09. The van der Waals surface area contributed by atoms with Crippen LogP contribution in [-0.4, -0.2) is 23.6 Å². The third-order valence-corrected chi connectivity index (χ3v) is 5.77. The first-order chi connectivity index (χ1) is 17.5. The summed E-state index contributed by atoms with van der Waals surface area (Å²) >= 11 is 0. The second-order valence-corrected chi connectivity index (χ2v) is 8.15. The van der Waals surface area contributed by atoms with Gasteiger partial charge in [0, 0.05) is 16.8 Å². The van der Waals surface area contributed by atoms with Crippen LogP contribution < -0.4 is 4.90 Å². The summed E-state index contributed by atoms with van der Waals surface area (Å²) in [6.07, 6.45) is 3.54. The van der Waals surface area contributed by atoms with Gasteiger partial charge in [-0.15, -0.1) is 0 Å². The quantitative estimate of drug-likeness (QED) is 0.260. The molecule has 0 atom stereocenters. The molecule has 0 unspecified atom stereocenters. The van der Waals surface area contributed by atoms with Crippen LogP contribution in [0.4, 0.5) is 5.69 Å². The molecule has 6 nitrogen and oxygen atoms in total. The Morgan fingerprint density at radius 3 is 2.33 bits per heavy atom. The van der Waals surface area contributed by atoms with Crippen LogP contribution in [0, 0.1) is 0 Å². The van der Waals surface area contributed by atoms with Gasteiger partial charge >= 0.3 is 5.97 Å². The van der Waals surface area contributed by atoms with Crippen LogP contribution >= 0.6 is 0 Å². The van der Waals surface area contributed by atoms with E-state index in [2.05, 4.69) is 0 Å². The fourth-order valence-corrected chi connectivity index (χ4v) is 4.02. The van der Waals surface area contributed by atoms with Gasteiger partial charge in [0.1, 0.15) is 17.3 Å². The summed E-state index contributed by atoms with van der Waals surface area (Å²) in [5.41, 5.74) is 4.03. The Labute approximate surface area is 208 Å². The Hall–Kier alpha value is -4.84. The zero-order valence-corrected chi connectivity index (χ0v) is 19.5. The second kappa shape index (κ2) is 9.80. The van der Waals surface area contributed by atoms with Crippen molar-refractivity contribution in [3.8, 4) is 17.1 Å². The predicted octanol–water partition coefficient (Wildman–Crippen LogP) is 6.30. The molecule has 0 aliphatic carbocycles. The van der Waals surface area contributed by atoms with Gasteiger partial charge in [0.2, 0.25) is 0 Å². The first kappa shape index (κ1) is 22.9. The summed E-state index contributed by atoms with van der Waals surface area (Å²) in [7, 11) is 0. The average Bonchev–Trinajstić information content (AvgIpc) is 3.50. The van der Waals surface area contributed by atoms with Crippen LogP contribution in [0.2, 0.25) is 0 Å². The molecule has 5 rings (SSSR count). The number of aromatic hydroxyl groups is 1. The highest BCUT2D eigenvalue weighted by Crippen LogP contribution is 2.36. The Bertz CT molecular complexity index is 1460. The molecule has 0 fully saturated rings. The van der Waals surface area contributed by atoms with Gasteiger partial charge in [0.25, 0.3) is 5.91 Å². The minimum atomic E-state index is -0.368. The lowest BCUT2D eigenvalue weighted by Crippen LogP contribution is -2.24. The van der Waals surface area contributed by atoms with Gasteiger partial charge in [-0.1, -0.05) is 42.5 Å². The zero-order chi connectivity index (χ0) is 25.1. The van der Waals surface area contributed by atoms with E-state index in [1.165, 1.54) is 0 Å². The van der Waals surface area contributed by atoms with Crippen molar-refractivity contribution in [2.24, 2.45) is 0 Å². The number of esters is 1. The number of carbonyl (C=O) groups is 2. The van der Waals surface area contributed by atoms with E-state index < -0.39 is 0 Å². The average molecular weight is 478 g/mol. The van der Waals surface area contributed by atoms with Gasteiger partial charge in [0.05, 0.1) is 17.9 Å². The molecule has 0 spiro atoms. The molecule has 1 N–H and O–H groups in total. The Morgan fingerprint density at radius 1 is 0.917 bits per heavy atom. The minimum Gasteiger partial charge on any atom is -0.508 e. The minimum absolute atomic E-state index is 0.129. The number of amides is 1.